The van der Waals surface area contributed by atoms with E-state index in [0.29, 0.717) is 5.16 Å². The molecule has 0 N–H and O–H groups in total. The monoisotopic (exact) mass is 350 g/mol. The first-order valence-corrected chi connectivity index (χ1v) is 16.7. The topological polar surface area (TPSA) is 27.7 Å². The Hall–Kier alpha value is 0.531. The van der Waals surface area contributed by atoms with Crippen LogP contribution in [-0.2, 0) is 13.0 Å². The van der Waals surface area contributed by atoms with Gasteiger partial charge in [-0.2, -0.15) is 0 Å². The molecule has 3 nitrogen and oxygen atoms in total. The third-order valence-corrected chi connectivity index (χ3v) is 17.5. The molecule has 1 unspecified atom stereocenters. The lowest BCUT2D eigenvalue weighted by Crippen LogP contribution is -2.55. The number of hydrogen-bond donors (Lipinski definition) is 0. The van der Waals surface area contributed by atoms with Crippen LogP contribution in [0.15, 0.2) is 0 Å². The van der Waals surface area contributed by atoms with Crippen LogP contribution in [0, 0.1) is 0 Å². The zero-order valence-electron chi connectivity index (χ0n) is 15.6. The van der Waals surface area contributed by atoms with Gasteiger partial charge in [0.1, 0.15) is 0 Å². The van der Waals surface area contributed by atoms with Gasteiger partial charge in [0.15, 0.2) is 17.4 Å². The van der Waals surface area contributed by atoms with Crippen molar-refractivity contribution in [2.75, 3.05) is 14.2 Å². The average molecular weight is 351 g/mol. The third-order valence-electron chi connectivity index (χ3n) is 4.42. The van der Waals surface area contributed by atoms with Gasteiger partial charge >= 0.3 is 8.56 Å². The molecule has 0 fully saturated rings. The van der Waals surface area contributed by atoms with E-state index in [1.54, 1.807) is 0 Å². The highest BCUT2D eigenvalue weighted by Crippen LogP contribution is 2.38. The second-order valence-electron chi connectivity index (χ2n) is 6.95. The maximum absolute atomic E-state index is 6.48. The molecular formula is C15H38O3Si3. The molecule has 0 heterocycles. The largest absolute Gasteiger partial charge is 0.458 e. The second kappa shape index (κ2) is 10.3. The number of rotatable bonds is 12. The minimum absolute atomic E-state index is 0.511. The van der Waals surface area contributed by atoms with E-state index in [2.05, 4.69) is 39.7 Å². The van der Waals surface area contributed by atoms with Crippen molar-refractivity contribution in [3.8, 4) is 0 Å². The predicted octanol–water partition coefficient (Wildman–Crippen LogP) is 4.83. The molecule has 0 aromatic rings. The van der Waals surface area contributed by atoms with Crippen molar-refractivity contribution in [3.05, 3.63) is 0 Å². The smallest absolute Gasteiger partial charge is 0.337 e. The molecule has 0 radical (unpaired) electrons. The summed E-state index contributed by atoms with van der Waals surface area (Å²) in [5.74, 6) is 0. The summed E-state index contributed by atoms with van der Waals surface area (Å²) in [7, 11) is -1.30. The van der Waals surface area contributed by atoms with Gasteiger partial charge in [0.25, 0.3) is 0 Å². The molecule has 6 heteroatoms. The van der Waals surface area contributed by atoms with Crippen molar-refractivity contribution >= 4 is 25.9 Å². The predicted molar refractivity (Wildman–Crippen MR) is 100 cm³/mol. The molecular weight excluding hydrogens is 312 g/mol. The molecule has 0 bridgehead atoms. The van der Waals surface area contributed by atoms with E-state index in [9.17, 15) is 0 Å². The zero-order chi connectivity index (χ0) is 16.5. The Balaban J connectivity index is 4.84. The van der Waals surface area contributed by atoms with Crippen molar-refractivity contribution in [2.45, 2.75) is 83.3 Å². The van der Waals surface area contributed by atoms with E-state index in [1.165, 1.54) is 38.5 Å². The Morgan fingerprint density at radius 2 is 1.43 bits per heavy atom. The van der Waals surface area contributed by atoms with Crippen molar-refractivity contribution < 1.29 is 13.0 Å². The minimum atomic E-state index is -2.14. The van der Waals surface area contributed by atoms with Crippen LogP contribution >= 0.6 is 0 Å². The van der Waals surface area contributed by atoms with Gasteiger partial charge in [0.05, 0.1) is 0 Å². The quantitative estimate of drug-likeness (QED) is 0.373. The summed E-state index contributed by atoms with van der Waals surface area (Å²) in [6.07, 6.45) is 7.81. The lowest BCUT2D eigenvalue weighted by atomic mass is 10.1. The molecule has 0 aliphatic carbocycles. The highest BCUT2D eigenvalue weighted by atomic mass is 28.4. The van der Waals surface area contributed by atoms with Gasteiger partial charge in [-0.15, -0.1) is 0 Å². The molecule has 0 spiro atoms. The van der Waals surface area contributed by atoms with E-state index in [4.69, 9.17) is 13.0 Å². The standard InChI is InChI=1S/C15H38O3Si3/c1-9-10-11-12-13-14-15(21(8,16-2)17-3)20(6,7)18-19(4)5/h15,19H,9-14H2,1-8H3. The van der Waals surface area contributed by atoms with Gasteiger partial charge in [-0.3, -0.25) is 0 Å². The molecule has 0 rings (SSSR count). The molecule has 21 heavy (non-hydrogen) atoms. The van der Waals surface area contributed by atoms with Gasteiger partial charge in [-0.1, -0.05) is 39.0 Å². The van der Waals surface area contributed by atoms with E-state index < -0.39 is 25.9 Å². The first kappa shape index (κ1) is 21.5. The number of hydrogen-bond acceptors (Lipinski definition) is 3. The van der Waals surface area contributed by atoms with Crippen LogP contribution in [-0.4, -0.2) is 40.1 Å². The van der Waals surface area contributed by atoms with Crippen molar-refractivity contribution in [3.63, 3.8) is 0 Å². The van der Waals surface area contributed by atoms with Crippen molar-refractivity contribution in [2.24, 2.45) is 0 Å². The number of unbranched alkanes of at least 4 members (excludes halogenated alkanes) is 4. The summed E-state index contributed by atoms with van der Waals surface area (Å²) < 4.78 is 18.2. The summed E-state index contributed by atoms with van der Waals surface area (Å²) in [4.78, 5) is 0. The lowest BCUT2D eigenvalue weighted by Gasteiger charge is -2.42. The summed E-state index contributed by atoms with van der Waals surface area (Å²) in [5, 5.41) is 0.511. The Morgan fingerprint density at radius 3 is 1.86 bits per heavy atom. The maximum atomic E-state index is 6.48. The van der Waals surface area contributed by atoms with Crippen molar-refractivity contribution in [1.82, 2.24) is 0 Å². The fraction of sp³-hybridized carbons (Fsp3) is 1.00. The van der Waals surface area contributed by atoms with Crippen LogP contribution in [0.4, 0.5) is 0 Å². The Kier molecular flexibility index (Phi) is 10.6. The normalized spacial score (nSPS) is 14.7. The van der Waals surface area contributed by atoms with Crippen LogP contribution in [0.1, 0.15) is 45.4 Å². The van der Waals surface area contributed by atoms with Gasteiger partial charge in [0.2, 0.25) is 0 Å². The van der Waals surface area contributed by atoms with Gasteiger partial charge in [-0.25, -0.2) is 0 Å². The van der Waals surface area contributed by atoms with E-state index in [-0.39, 0.29) is 0 Å². The average Bonchev–Trinajstić information content (AvgIpc) is 2.40. The molecule has 0 aliphatic heterocycles. The molecule has 0 saturated heterocycles. The maximum Gasteiger partial charge on any atom is 0.337 e. The van der Waals surface area contributed by atoms with E-state index in [0.717, 1.165) is 0 Å². The first-order chi connectivity index (χ1) is 9.73. The molecule has 0 aromatic carbocycles. The first-order valence-electron chi connectivity index (χ1n) is 8.51. The second-order valence-corrected chi connectivity index (χ2v) is 18.0. The summed E-state index contributed by atoms with van der Waals surface area (Å²) in [6, 6.07) is 0. The van der Waals surface area contributed by atoms with Gasteiger partial charge in [-0.05, 0) is 39.2 Å². The SMILES string of the molecule is CCCCCCCC([Si](C)(C)O[SiH](C)C)[Si](C)(OC)OC. The summed E-state index contributed by atoms with van der Waals surface area (Å²) in [6.45, 7) is 13.7. The molecule has 0 amide bonds. The molecule has 0 aromatic heterocycles. The molecule has 0 aliphatic rings. The van der Waals surface area contributed by atoms with E-state index in [1.807, 2.05) is 14.2 Å². The molecule has 0 saturated carbocycles. The van der Waals surface area contributed by atoms with Crippen LogP contribution in [0.3, 0.4) is 0 Å². The van der Waals surface area contributed by atoms with Crippen LogP contribution in [0.5, 0.6) is 0 Å². The van der Waals surface area contributed by atoms with Crippen LogP contribution in [0.2, 0.25) is 37.9 Å². The Bertz CT molecular complexity index is 269. The summed E-state index contributed by atoms with van der Waals surface area (Å²) in [5.41, 5.74) is 0. The fourth-order valence-corrected chi connectivity index (χ4v) is 17.5. The van der Waals surface area contributed by atoms with Crippen LogP contribution < -0.4 is 0 Å². The van der Waals surface area contributed by atoms with Gasteiger partial charge < -0.3 is 13.0 Å². The third kappa shape index (κ3) is 7.56. The highest BCUT2D eigenvalue weighted by Gasteiger charge is 2.50. The van der Waals surface area contributed by atoms with E-state index >= 15 is 0 Å². The highest BCUT2D eigenvalue weighted by molar-refractivity contribution is 6.92. The molecule has 1 atom stereocenters. The van der Waals surface area contributed by atoms with Crippen LogP contribution in [0.25, 0.3) is 0 Å². The zero-order valence-corrected chi connectivity index (χ0v) is 18.8. The summed E-state index contributed by atoms with van der Waals surface area (Å²) >= 11 is 0. The van der Waals surface area contributed by atoms with Crippen molar-refractivity contribution in [1.29, 1.82) is 0 Å². The minimum Gasteiger partial charge on any atom is -0.458 e. The van der Waals surface area contributed by atoms with Gasteiger partial charge in [0, 0.05) is 19.4 Å². The molecule has 128 valence electrons. The fourth-order valence-electron chi connectivity index (χ4n) is 3.25. The Labute approximate surface area is 136 Å². The lowest BCUT2D eigenvalue weighted by molar-refractivity contribution is 0.240. The Morgan fingerprint density at radius 1 is 0.905 bits per heavy atom.